The molecule has 0 fully saturated rings. The van der Waals surface area contributed by atoms with Crippen LogP contribution < -0.4 is 0 Å². The van der Waals surface area contributed by atoms with Crippen molar-refractivity contribution < 1.29 is 14.3 Å². The highest BCUT2D eigenvalue weighted by Gasteiger charge is 2.44. The third kappa shape index (κ3) is 4.32. The van der Waals surface area contributed by atoms with Crippen LogP contribution in [0, 0.1) is 0 Å². The number of aromatic nitrogens is 1. The van der Waals surface area contributed by atoms with E-state index in [1.165, 1.54) is 0 Å². The van der Waals surface area contributed by atoms with Crippen molar-refractivity contribution in [3.63, 3.8) is 0 Å². The molecule has 38 heavy (non-hydrogen) atoms. The molecular formula is C32H33ClN2O3. The molecule has 0 bridgehead atoms. The molecule has 196 valence electrons. The van der Waals surface area contributed by atoms with E-state index in [2.05, 4.69) is 27.8 Å². The zero-order valence-electron chi connectivity index (χ0n) is 21.8. The van der Waals surface area contributed by atoms with Crippen LogP contribution in [0.4, 0.5) is 0 Å². The summed E-state index contributed by atoms with van der Waals surface area (Å²) in [5.74, 6) is 0.0402. The molecule has 1 aromatic heterocycles. The van der Waals surface area contributed by atoms with Gasteiger partial charge in [0.25, 0.3) is 0 Å². The molecule has 3 aromatic rings. The van der Waals surface area contributed by atoms with Gasteiger partial charge in [0, 0.05) is 90.2 Å². The van der Waals surface area contributed by atoms with Gasteiger partial charge in [-0.2, -0.15) is 0 Å². The number of hydrogen-bond acceptors (Lipinski definition) is 4. The summed E-state index contributed by atoms with van der Waals surface area (Å²) in [6.07, 6.45) is 7.55. The van der Waals surface area contributed by atoms with Gasteiger partial charge in [0.1, 0.15) is 0 Å². The van der Waals surface area contributed by atoms with Crippen molar-refractivity contribution in [2.24, 2.45) is 0 Å². The Kier molecular flexibility index (Phi) is 6.98. The second-order valence-electron chi connectivity index (χ2n) is 10.5. The van der Waals surface area contributed by atoms with Crippen LogP contribution in [0.1, 0.15) is 62.0 Å². The van der Waals surface area contributed by atoms with Crippen LogP contribution in [0.3, 0.4) is 0 Å². The highest BCUT2D eigenvalue weighted by molar-refractivity contribution is 6.31. The van der Waals surface area contributed by atoms with Crippen LogP contribution in [0.2, 0.25) is 5.02 Å². The second-order valence-corrected chi connectivity index (χ2v) is 10.9. The van der Waals surface area contributed by atoms with Gasteiger partial charge in [0.15, 0.2) is 11.6 Å². The Balaban J connectivity index is 1.54. The summed E-state index contributed by atoms with van der Waals surface area (Å²) in [4.78, 5) is 29.7. The SMILES string of the molecule is COCCCN1C2=C(C(=O)CCC2)C(c2cn(Cc3ccccc3Cl)c3ccccc23)C2=C1CCCC2=O. The van der Waals surface area contributed by atoms with Crippen LogP contribution >= 0.6 is 11.6 Å². The first-order valence-electron chi connectivity index (χ1n) is 13.7. The van der Waals surface area contributed by atoms with Gasteiger partial charge in [-0.05, 0) is 55.4 Å². The molecule has 6 heteroatoms. The van der Waals surface area contributed by atoms with Crippen LogP contribution in [0.25, 0.3) is 10.9 Å². The van der Waals surface area contributed by atoms with Gasteiger partial charge < -0.3 is 14.2 Å². The number of ether oxygens (including phenoxy) is 1. The molecule has 6 rings (SSSR count). The van der Waals surface area contributed by atoms with Crippen molar-refractivity contribution in [1.29, 1.82) is 0 Å². The fraction of sp³-hybridized carbons (Fsp3) is 0.375. The van der Waals surface area contributed by atoms with Gasteiger partial charge >= 0.3 is 0 Å². The Bertz CT molecular complexity index is 1440. The highest BCUT2D eigenvalue weighted by atomic mass is 35.5. The number of nitrogens with zero attached hydrogens (tertiary/aromatic N) is 2. The van der Waals surface area contributed by atoms with Crippen LogP contribution in [-0.4, -0.2) is 41.3 Å². The van der Waals surface area contributed by atoms with Crippen LogP contribution in [-0.2, 0) is 20.9 Å². The molecule has 0 N–H and O–H groups in total. The van der Waals surface area contributed by atoms with Crippen LogP contribution in [0.15, 0.2) is 77.3 Å². The summed E-state index contributed by atoms with van der Waals surface area (Å²) in [5, 5.41) is 1.82. The predicted molar refractivity (Wildman–Crippen MR) is 150 cm³/mol. The normalized spacial score (nSPS) is 18.4. The van der Waals surface area contributed by atoms with E-state index in [4.69, 9.17) is 16.3 Å². The number of Topliss-reactive ketones (excluding diaryl/α,β-unsaturated/α-hetero) is 2. The molecule has 2 aliphatic carbocycles. The fourth-order valence-electron chi connectivity index (χ4n) is 6.61. The summed E-state index contributed by atoms with van der Waals surface area (Å²) in [6.45, 7) is 2.05. The average molecular weight is 529 g/mol. The highest BCUT2D eigenvalue weighted by Crippen LogP contribution is 2.50. The minimum Gasteiger partial charge on any atom is -0.385 e. The molecule has 0 spiro atoms. The quantitative estimate of drug-likeness (QED) is 0.317. The third-order valence-corrected chi connectivity index (χ3v) is 8.61. The fourth-order valence-corrected chi connectivity index (χ4v) is 6.81. The number of rotatable bonds is 7. The van der Waals surface area contributed by atoms with Crippen molar-refractivity contribution >= 4 is 34.1 Å². The summed E-state index contributed by atoms with van der Waals surface area (Å²) in [5.41, 5.74) is 7.09. The first-order chi connectivity index (χ1) is 18.6. The number of halogens is 1. The van der Waals surface area contributed by atoms with Crippen LogP contribution in [0.5, 0.6) is 0 Å². The monoisotopic (exact) mass is 528 g/mol. The van der Waals surface area contributed by atoms with E-state index in [-0.39, 0.29) is 17.5 Å². The number of benzene rings is 2. The lowest BCUT2D eigenvalue weighted by atomic mass is 9.71. The average Bonchev–Trinajstić information content (AvgIpc) is 3.28. The molecule has 0 saturated heterocycles. The Labute approximate surface area is 228 Å². The Morgan fingerprint density at radius 1 is 0.895 bits per heavy atom. The van der Waals surface area contributed by atoms with Crippen molar-refractivity contribution in [2.75, 3.05) is 20.3 Å². The van der Waals surface area contributed by atoms with E-state index in [0.29, 0.717) is 26.0 Å². The van der Waals surface area contributed by atoms with E-state index in [1.807, 2.05) is 36.4 Å². The van der Waals surface area contributed by atoms with Crippen molar-refractivity contribution in [3.8, 4) is 0 Å². The van der Waals surface area contributed by atoms with Gasteiger partial charge in [0.2, 0.25) is 0 Å². The molecule has 2 heterocycles. The Morgan fingerprint density at radius 2 is 1.55 bits per heavy atom. The second kappa shape index (κ2) is 10.5. The molecule has 0 amide bonds. The number of ketones is 2. The van der Waals surface area contributed by atoms with Gasteiger partial charge in [-0.25, -0.2) is 0 Å². The molecule has 0 atom stereocenters. The molecule has 0 radical (unpaired) electrons. The zero-order chi connectivity index (χ0) is 26.2. The van der Waals surface area contributed by atoms with E-state index < -0.39 is 0 Å². The maximum atomic E-state index is 13.7. The predicted octanol–water partition coefficient (Wildman–Crippen LogP) is 6.79. The topological polar surface area (TPSA) is 51.5 Å². The zero-order valence-corrected chi connectivity index (χ0v) is 22.6. The molecule has 1 aliphatic heterocycles. The van der Waals surface area contributed by atoms with E-state index in [9.17, 15) is 9.59 Å². The van der Waals surface area contributed by atoms with E-state index >= 15 is 0 Å². The first kappa shape index (κ1) is 25.1. The molecule has 2 aromatic carbocycles. The Morgan fingerprint density at radius 3 is 2.24 bits per heavy atom. The van der Waals surface area contributed by atoms with E-state index in [0.717, 1.165) is 88.2 Å². The van der Waals surface area contributed by atoms with Gasteiger partial charge in [-0.1, -0.05) is 48.0 Å². The maximum Gasteiger partial charge on any atom is 0.161 e. The number of allylic oxidation sites excluding steroid dienone is 4. The maximum absolute atomic E-state index is 13.7. The lowest BCUT2D eigenvalue weighted by Gasteiger charge is -2.44. The largest absolute Gasteiger partial charge is 0.385 e. The molecule has 3 aliphatic rings. The summed E-state index contributed by atoms with van der Waals surface area (Å²) >= 11 is 6.54. The lowest BCUT2D eigenvalue weighted by molar-refractivity contribution is -0.117. The third-order valence-electron chi connectivity index (χ3n) is 8.25. The van der Waals surface area contributed by atoms with Crippen molar-refractivity contribution in [2.45, 2.75) is 57.4 Å². The van der Waals surface area contributed by atoms with Crippen molar-refractivity contribution in [3.05, 3.63) is 93.4 Å². The smallest absolute Gasteiger partial charge is 0.161 e. The Hall–Kier alpha value is -3.15. The number of carbonyl (C=O) groups is 2. The number of hydrogen-bond donors (Lipinski definition) is 0. The molecule has 5 nitrogen and oxygen atoms in total. The molecule has 0 unspecified atom stereocenters. The number of para-hydroxylation sites is 1. The summed E-state index contributed by atoms with van der Waals surface area (Å²) in [7, 11) is 1.72. The van der Waals surface area contributed by atoms with Gasteiger partial charge in [0.05, 0.1) is 0 Å². The minimum absolute atomic E-state index is 0.181. The molecule has 0 saturated carbocycles. The first-order valence-corrected chi connectivity index (χ1v) is 14.1. The molecular weight excluding hydrogens is 496 g/mol. The van der Waals surface area contributed by atoms with E-state index in [1.54, 1.807) is 7.11 Å². The number of fused-ring (bicyclic) bond motifs is 1. The summed E-state index contributed by atoms with van der Waals surface area (Å²) in [6, 6.07) is 16.2. The van der Waals surface area contributed by atoms with Crippen molar-refractivity contribution in [1.82, 2.24) is 9.47 Å². The number of methoxy groups -OCH3 is 1. The number of carbonyl (C=O) groups excluding carboxylic acids is 2. The van der Waals surface area contributed by atoms with Gasteiger partial charge in [-0.15, -0.1) is 0 Å². The summed E-state index contributed by atoms with van der Waals surface area (Å²) < 4.78 is 7.56. The minimum atomic E-state index is -0.323. The van der Waals surface area contributed by atoms with Gasteiger partial charge in [-0.3, -0.25) is 9.59 Å². The standard InChI is InChI=1S/C32H33ClN2O3/c1-38-18-8-17-35-26-13-6-15-28(36)31(26)30(32-27(35)14-7-16-29(32)37)23-20-34(25-12-5-3-10-22(23)25)19-21-9-2-4-11-24(21)33/h2-5,9-12,20,30H,6-8,13-19H2,1H3. The lowest BCUT2D eigenvalue weighted by Crippen LogP contribution is -2.39.